The summed E-state index contributed by atoms with van der Waals surface area (Å²) in [5, 5.41) is 12.7. The van der Waals surface area contributed by atoms with Crippen LogP contribution in [0.15, 0.2) is 70.8 Å². The van der Waals surface area contributed by atoms with Gasteiger partial charge in [0.1, 0.15) is 11.6 Å². The van der Waals surface area contributed by atoms with E-state index in [-0.39, 0.29) is 40.5 Å². The standard InChI is InChI=1S/C28H30FNO4/c1-17-18(2)27(33)25(19(3)26(17)32)21(13-10-20-11-14-22(29)15-12-20)7-6-16-30-28(34)23-8-4-5-9-24(23)31/h4-5,8-9,11-12,14-15,21,31H,6-7,10,13,16H2,1-3H3,(H,30,34). The number of phenols is 1. The first-order chi connectivity index (χ1) is 16.2. The summed E-state index contributed by atoms with van der Waals surface area (Å²) in [7, 11) is 0. The molecule has 2 aromatic carbocycles. The molecule has 0 aromatic heterocycles. The predicted octanol–water partition coefficient (Wildman–Crippen LogP) is 5.10. The van der Waals surface area contributed by atoms with Gasteiger partial charge in [0.15, 0.2) is 11.6 Å². The summed E-state index contributed by atoms with van der Waals surface area (Å²) in [4.78, 5) is 38.2. The van der Waals surface area contributed by atoms with Gasteiger partial charge in [0.25, 0.3) is 5.91 Å². The highest BCUT2D eigenvalue weighted by molar-refractivity contribution is 6.24. The van der Waals surface area contributed by atoms with Crippen LogP contribution in [0.3, 0.4) is 0 Å². The Morgan fingerprint density at radius 3 is 2.24 bits per heavy atom. The molecule has 1 unspecified atom stereocenters. The molecule has 6 heteroatoms. The smallest absolute Gasteiger partial charge is 0.255 e. The third kappa shape index (κ3) is 5.68. The average molecular weight is 464 g/mol. The predicted molar refractivity (Wildman–Crippen MR) is 129 cm³/mol. The van der Waals surface area contributed by atoms with Crippen LogP contribution in [0.4, 0.5) is 4.39 Å². The van der Waals surface area contributed by atoms with Crippen molar-refractivity contribution in [3.8, 4) is 5.75 Å². The van der Waals surface area contributed by atoms with E-state index in [9.17, 15) is 23.9 Å². The van der Waals surface area contributed by atoms with Crippen molar-refractivity contribution < 1.29 is 23.9 Å². The number of aryl methyl sites for hydroxylation is 1. The Balaban J connectivity index is 1.72. The maximum atomic E-state index is 13.3. The molecule has 0 spiro atoms. The summed E-state index contributed by atoms with van der Waals surface area (Å²) in [6.45, 7) is 5.43. The number of allylic oxidation sites excluding steroid dienone is 4. The van der Waals surface area contributed by atoms with Gasteiger partial charge in [-0.2, -0.15) is 0 Å². The lowest BCUT2D eigenvalue weighted by molar-refractivity contribution is -0.116. The monoisotopic (exact) mass is 463 g/mol. The van der Waals surface area contributed by atoms with Crippen LogP contribution >= 0.6 is 0 Å². The Bertz CT molecular complexity index is 1160. The largest absolute Gasteiger partial charge is 0.507 e. The fraction of sp³-hybridized carbons (Fsp3) is 0.321. The van der Waals surface area contributed by atoms with E-state index in [1.54, 1.807) is 51.1 Å². The molecular weight excluding hydrogens is 433 g/mol. The van der Waals surface area contributed by atoms with Crippen LogP contribution in [-0.2, 0) is 16.0 Å². The van der Waals surface area contributed by atoms with Crippen molar-refractivity contribution in [3.63, 3.8) is 0 Å². The molecule has 0 saturated carbocycles. The van der Waals surface area contributed by atoms with Gasteiger partial charge in [-0.05, 0) is 82.2 Å². The molecule has 0 bridgehead atoms. The van der Waals surface area contributed by atoms with Gasteiger partial charge in [0.05, 0.1) is 5.56 Å². The van der Waals surface area contributed by atoms with Crippen LogP contribution in [0.2, 0.25) is 0 Å². The van der Waals surface area contributed by atoms with E-state index in [4.69, 9.17) is 0 Å². The maximum Gasteiger partial charge on any atom is 0.255 e. The molecule has 5 nitrogen and oxygen atoms in total. The van der Waals surface area contributed by atoms with Crippen LogP contribution in [0, 0.1) is 11.7 Å². The van der Waals surface area contributed by atoms with E-state index < -0.39 is 0 Å². The number of hydrogen-bond acceptors (Lipinski definition) is 4. The maximum absolute atomic E-state index is 13.3. The SMILES string of the molecule is CC1=C(C)C(=O)C(C(CCCNC(=O)c2ccccc2O)CCc2ccc(F)cc2)=C(C)C1=O. The molecule has 0 aliphatic heterocycles. The van der Waals surface area contributed by atoms with Crippen molar-refractivity contribution in [1.82, 2.24) is 5.32 Å². The second kappa shape index (κ2) is 11.1. The first-order valence-electron chi connectivity index (χ1n) is 11.5. The molecule has 2 N–H and O–H groups in total. The van der Waals surface area contributed by atoms with E-state index in [1.165, 1.54) is 18.2 Å². The zero-order valence-electron chi connectivity index (χ0n) is 19.8. The number of benzene rings is 2. The van der Waals surface area contributed by atoms with Crippen LogP contribution in [0.1, 0.15) is 56.0 Å². The first-order valence-corrected chi connectivity index (χ1v) is 11.5. The van der Waals surface area contributed by atoms with Gasteiger partial charge in [-0.15, -0.1) is 0 Å². The molecule has 1 aliphatic carbocycles. The summed E-state index contributed by atoms with van der Waals surface area (Å²) in [5.74, 6) is -1.13. The van der Waals surface area contributed by atoms with E-state index in [2.05, 4.69) is 5.32 Å². The highest BCUT2D eigenvalue weighted by Gasteiger charge is 2.32. The molecule has 0 radical (unpaired) electrons. The quantitative estimate of drug-likeness (QED) is 0.401. The van der Waals surface area contributed by atoms with Crippen LogP contribution in [0.5, 0.6) is 5.75 Å². The summed E-state index contributed by atoms with van der Waals surface area (Å²) < 4.78 is 13.3. The molecular formula is C28H30FNO4. The lowest BCUT2D eigenvalue weighted by Crippen LogP contribution is -2.28. The number of carbonyl (C=O) groups is 3. The normalized spacial score (nSPS) is 15.1. The highest BCUT2D eigenvalue weighted by Crippen LogP contribution is 2.33. The fourth-order valence-electron chi connectivity index (χ4n) is 4.34. The Kier molecular flexibility index (Phi) is 8.16. The molecule has 0 heterocycles. The van der Waals surface area contributed by atoms with Crippen molar-refractivity contribution in [2.24, 2.45) is 5.92 Å². The van der Waals surface area contributed by atoms with E-state index >= 15 is 0 Å². The number of aromatic hydroxyl groups is 1. The zero-order chi connectivity index (χ0) is 24.8. The highest BCUT2D eigenvalue weighted by atomic mass is 19.1. The van der Waals surface area contributed by atoms with Gasteiger partial charge in [0, 0.05) is 28.8 Å². The van der Waals surface area contributed by atoms with Crippen molar-refractivity contribution in [2.45, 2.75) is 46.5 Å². The Hall–Kier alpha value is -3.54. The first kappa shape index (κ1) is 25.1. The number of halogens is 1. The lowest BCUT2D eigenvalue weighted by Gasteiger charge is -2.26. The second-order valence-electron chi connectivity index (χ2n) is 8.72. The molecule has 178 valence electrons. The number of Topliss-reactive ketones (excluding diaryl/α,β-unsaturated/α-hetero) is 2. The van der Waals surface area contributed by atoms with E-state index in [0.29, 0.717) is 54.5 Å². The number of phenolic OH excluding ortho intramolecular Hbond substituents is 1. The summed E-state index contributed by atoms with van der Waals surface area (Å²) in [6, 6.07) is 12.6. The number of nitrogens with one attached hydrogen (secondary N) is 1. The van der Waals surface area contributed by atoms with Crippen LogP contribution < -0.4 is 5.32 Å². The molecule has 2 aromatic rings. The van der Waals surface area contributed by atoms with Crippen LogP contribution in [0.25, 0.3) is 0 Å². The lowest BCUT2D eigenvalue weighted by atomic mass is 9.76. The van der Waals surface area contributed by atoms with Gasteiger partial charge in [-0.25, -0.2) is 4.39 Å². The number of ketones is 2. The van der Waals surface area contributed by atoms with Gasteiger partial charge in [-0.3, -0.25) is 14.4 Å². The number of rotatable bonds is 9. The molecule has 1 atom stereocenters. The zero-order valence-corrected chi connectivity index (χ0v) is 19.8. The number of para-hydroxylation sites is 1. The molecule has 3 rings (SSSR count). The fourth-order valence-corrected chi connectivity index (χ4v) is 4.34. The molecule has 34 heavy (non-hydrogen) atoms. The minimum atomic E-state index is -0.366. The van der Waals surface area contributed by atoms with Gasteiger partial charge in [0.2, 0.25) is 0 Å². The third-order valence-corrected chi connectivity index (χ3v) is 6.50. The third-order valence-electron chi connectivity index (χ3n) is 6.50. The molecule has 0 fully saturated rings. The van der Waals surface area contributed by atoms with Crippen molar-refractivity contribution >= 4 is 17.5 Å². The average Bonchev–Trinajstić information content (AvgIpc) is 2.83. The van der Waals surface area contributed by atoms with Gasteiger partial charge < -0.3 is 10.4 Å². The summed E-state index contributed by atoms with van der Waals surface area (Å²) in [6.07, 6.45) is 2.44. The minimum Gasteiger partial charge on any atom is -0.507 e. The van der Waals surface area contributed by atoms with E-state index in [0.717, 1.165) is 5.56 Å². The van der Waals surface area contributed by atoms with E-state index in [1.807, 2.05) is 0 Å². The summed E-state index contributed by atoms with van der Waals surface area (Å²) in [5.41, 5.74) is 3.15. The minimum absolute atomic E-state index is 0.0816. The number of carbonyl (C=O) groups excluding carboxylic acids is 3. The molecule has 1 amide bonds. The van der Waals surface area contributed by atoms with Crippen molar-refractivity contribution in [1.29, 1.82) is 0 Å². The number of amides is 1. The molecule has 0 saturated heterocycles. The van der Waals surface area contributed by atoms with Gasteiger partial charge >= 0.3 is 0 Å². The number of hydrogen-bond donors (Lipinski definition) is 2. The van der Waals surface area contributed by atoms with Crippen LogP contribution in [-0.4, -0.2) is 29.1 Å². The Labute approximate surface area is 199 Å². The topological polar surface area (TPSA) is 83.5 Å². The van der Waals surface area contributed by atoms with Crippen molar-refractivity contribution in [2.75, 3.05) is 6.54 Å². The van der Waals surface area contributed by atoms with Crippen molar-refractivity contribution in [3.05, 3.63) is 87.8 Å². The second-order valence-corrected chi connectivity index (χ2v) is 8.72. The molecule has 1 aliphatic rings. The van der Waals surface area contributed by atoms with Gasteiger partial charge in [-0.1, -0.05) is 24.3 Å². The Morgan fingerprint density at radius 2 is 1.56 bits per heavy atom. The summed E-state index contributed by atoms with van der Waals surface area (Å²) >= 11 is 0. The Morgan fingerprint density at radius 1 is 0.912 bits per heavy atom.